The topological polar surface area (TPSA) is 81.4 Å². The van der Waals surface area contributed by atoms with Crippen molar-refractivity contribution in [1.29, 1.82) is 0 Å². The first-order chi connectivity index (χ1) is 9.55. The third-order valence-corrected chi connectivity index (χ3v) is 3.39. The summed E-state index contributed by atoms with van der Waals surface area (Å²) < 4.78 is 9.78. The fraction of sp³-hybridized carbons (Fsp3) is 0.500. The normalized spacial score (nSPS) is 22.4. The number of hydrogen-bond acceptors (Lipinski definition) is 6. The van der Waals surface area contributed by atoms with Crippen LogP contribution in [0.1, 0.15) is 26.0 Å². The third kappa shape index (κ3) is 2.89. The SMILES string of the molecule is CCc1cc(NC2=CC(=O)[C@@H](C(=O)OC)[C@H](C)C2)on1. The highest BCUT2D eigenvalue weighted by molar-refractivity contribution is 6.06. The number of ether oxygens (including phenoxy) is 1. The van der Waals surface area contributed by atoms with Gasteiger partial charge in [0.05, 0.1) is 12.8 Å². The van der Waals surface area contributed by atoms with Gasteiger partial charge >= 0.3 is 5.97 Å². The molecule has 20 heavy (non-hydrogen) atoms. The van der Waals surface area contributed by atoms with Gasteiger partial charge in [-0.25, -0.2) is 0 Å². The third-order valence-electron chi connectivity index (χ3n) is 3.39. The average Bonchev–Trinajstić information content (AvgIpc) is 2.85. The van der Waals surface area contributed by atoms with Crippen molar-refractivity contribution >= 4 is 17.6 Å². The predicted molar refractivity (Wildman–Crippen MR) is 71.9 cm³/mol. The quantitative estimate of drug-likeness (QED) is 0.669. The van der Waals surface area contributed by atoms with Crippen LogP contribution in [0.25, 0.3) is 0 Å². The molecule has 6 heteroatoms. The standard InChI is InChI=1S/C14H18N2O4/c1-4-9-7-12(20-16-9)15-10-5-8(2)13(11(17)6-10)14(18)19-3/h6-8,13,15H,4-5H2,1-3H3/t8-,13+/m1/s1. The molecule has 1 aromatic rings. The highest BCUT2D eigenvalue weighted by Crippen LogP contribution is 2.29. The number of aryl methyl sites for hydroxylation is 1. The summed E-state index contributed by atoms with van der Waals surface area (Å²) in [6, 6.07) is 1.79. The highest BCUT2D eigenvalue weighted by Gasteiger charge is 2.35. The van der Waals surface area contributed by atoms with Gasteiger partial charge in [0.2, 0.25) is 5.88 Å². The molecule has 108 valence electrons. The zero-order valence-corrected chi connectivity index (χ0v) is 11.8. The number of nitrogens with one attached hydrogen (secondary N) is 1. The van der Waals surface area contributed by atoms with Gasteiger partial charge in [-0.3, -0.25) is 9.59 Å². The maximum absolute atomic E-state index is 12.0. The summed E-state index contributed by atoms with van der Waals surface area (Å²) in [4.78, 5) is 23.6. The molecule has 0 unspecified atom stereocenters. The molecule has 2 rings (SSSR count). The second-order valence-corrected chi connectivity index (χ2v) is 4.92. The van der Waals surface area contributed by atoms with E-state index in [1.54, 1.807) is 6.07 Å². The van der Waals surface area contributed by atoms with E-state index < -0.39 is 11.9 Å². The summed E-state index contributed by atoms with van der Waals surface area (Å²) in [6.45, 7) is 3.83. The molecule has 0 aromatic carbocycles. The molecule has 0 bridgehead atoms. The molecule has 0 fully saturated rings. The van der Waals surface area contributed by atoms with E-state index in [0.717, 1.165) is 17.8 Å². The van der Waals surface area contributed by atoms with Crippen LogP contribution in [0.4, 0.5) is 5.88 Å². The summed E-state index contributed by atoms with van der Waals surface area (Å²) in [5, 5.41) is 6.90. The van der Waals surface area contributed by atoms with Crippen molar-refractivity contribution in [2.45, 2.75) is 26.7 Å². The first-order valence-corrected chi connectivity index (χ1v) is 6.60. The number of carbonyl (C=O) groups is 2. The number of nitrogens with zero attached hydrogens (tertiary/aromatic N) is 1. The maximum Gasteiger partial charge on any atom is 0.316 e. The largest absolute Gasteiger partial charge is 0.468 e. The minimum Gasteiger partial charge on any atom is -0.468 e. The van der Waals surface area contributed by atoms with E-state index in [2.05, 4.69) is 15.2 Å². The lowest BCUT2D eigenvalue weighted by molar-refractivity contribution is -0.150. The van der Waals surface area contributed by atoms with Crippen LogP contribution in [0.5, 0.6) is 0 Å². The Labute approximate surface area is 117 Å². The predicted octanol–water partition coefficient (Wildman–Crippen LogP) is 1.93. The van der Waals surface area contributed by atoms with E-state index in [1.807, 2.05) is 13.8 Å². The van der Waals surface area contributed by atoms with Crippen LogP contribution in [0.2, 0.25) is 0 Å². The molecule has 2 atom stereocenters. The van der Waals surface area contributed by atoms with Crippen LogP contribution in [0.3, 0.4) is 0 Å². The van der Waals surface area contributed by atoms with E-state index in [9.17, 15) is 9.59 Å². The Morgan fingerprint density at radius 2 is 2.35 bits per heavy atom. The van der Waals surface area contributed by atoms with Crippen LogP contribution in [0.15, 0.2) is 22.4 Å². The van der Waals surface area contributed by atoms with Crippen LogP contribution in [0, 0.1) is 11.8 Å². The smallest absolute Gasteiger partial charge is 0.316 e. The van der Waals surface area contributed by atoms with E-state index in [0.29, 0.717) is 12.3 Å². The van der Waals surface area contributed by atoms with E-state index in [-0.39, 0.29) is 11.7 Å². The van der Waals surface area contributed by atoms with Gasteiger partial charge in [-0.15, -0.1) is 0 Å². The molecule has 1 aromatic heterocycles. The number of methoxy groups -OCH3 is 1. The first-order valence-electron chi connectivity index (χ1n) is 6.60. The van der Waals surface area contributed by atoms with Crippen molar-refractivity contribution in [3.63, 3.8) is 0 Å². The Balaban J connectivity index is 2.11. The molecule has 0 radical (unpaired) electrons. The molecule has 0 spiro atoms. The van der Waals surface area contributed by atoms with Gasteiger partial charge in [0.25, 0.3) is 0 Å². The number of rotatable bonds is 4. The Morgan fingerprint density at radius 3 is 2.90 bits per heavy atom. The average molecular weight is 278 g/mol. The van der Waals surface area contributed by atoms with Crippen molar-refractivity contribution in [1.82, 2.24) is 5.16 Å². The van der Waals surface area contributed by atoms with Crippen LogP contribution in [-0.2, 0) is 20.7 Å². The molecular formula is C14H18N2O4. The summed E-state index contributed by atoms with van der Waals surface area (Å²) in [5.41, 5.74) is 1.57. The van der Waals surface area contributed by atoms with Crippen molar-refractivity contribution in [3.05, 3.63) is 23.5 Å². The highest BCUT2D eigenvalue weighted by atomic mass is 16.5. The van der Waals surface area contributed by atoms with Gasteiger partial charge in [-0.05, 0) is 18.8 Å². The minimum atomic E-state index is -0.716. The fourth-order valence-electron chi connectivity index (χ4n) is 2.32. The van der Waals surface area contributed by atoms with Gasteiger partial charge < -0.3 is 14.6 Å². The monoisotopic (exact) mass is 278 g/mol. The van der Waals surface area contributed by atoms with E-state index in [4.69, 9.17) is 4.52 Å². The zero-order chi connectivity index (χ0) is 14.7. The lowest BCUT2D eigenvalue weighted by atomic mass is 9.82. The van der Waals surface area contributed by atoms with Crippen molar-refractivity contribution in [2.24, 2.45) is 11.8 Å². The molecule has 1 aliphatic rings. The Bertz CT molecular complexity index is 547. The second-order valence-electron chi connectivity index (χ2n) is 4.92. The number of ketones is 1. The van der Waals surface area contributed by atoms with Crippen LogP contribution >= 0.6 is 0 Å². The maximum atomic E-state index is 12.0. The molecule has 1 aliphatic carbocycles. The second kappa shape index (κ2) is 5.90. The number of esters is 1. The fourth-order valence-corrected chi connectivity index (χ4v) is 2.32. The van der Waals surface area contributed by atoms with Crippen LogP contribution < -0.4 is 5.32 Å². The van der Waals surface area contributed by atoms with E-state index >= 15 is 0 Å². The van der Waals surface area contributed by atoms with Crippen molar-refractivity contribution in [2.75, 3.05) is 12.4 Å². The van der Waals surface area contributed by atoms with Crippen molar-refractivity contribution in [3.8, 4) is 0 Å². The molecule has 1 N–H and O–H groups in total. The number of anilines is 1. The number of hydrogen-bond donors (Lipinski definition) is 1. The summed E-state index contributed by atoms with van der Waals surface area (Å²) in [7, 11) is 1.29. The molecule has 6 nitrogen and oxygen atoms in total. The zero-order valence-electron chi connectivity index (χ0n) is 11.8. The summed E-state index contributed by atoms with van der Waals surface area (Å²) >= 11 is 0. The molecule has 0 saturated heterocycles. The van der Waals surface area contributed by atoms with E-state index in [1.165, 1.54) is 13.2 Å². The summed E-state index contributed by atoms with van der Waals surface area (Å²) in [6.07, 6.45) is 2.80. The van der Waals surface area contributed by atoms with Crippen LogP contribution in [-0.4, -0.2) is 24.0 Å². The summed E-state index contributed by atoms with van der Waals surface area (Å²) in [5.74, 6) is -1.05. The Hall–Kier alpha value is -2.11. The number of allylic oxidation sites excluding steroid dienone is 2. The molecule has 0 amide bonds. The number of carbonyl (C=O) groups excluding carboxylic acids is 2. The number of aromatic nitrogens is 1. The van der Waals surface area contributed by atoms with Gasteiger partial charge in [-0.2, -0.15) is 0 Å². The Kier molecular flexibility index (Phi) is 4.22. The molecular weight excluding hydrogens is 260 g/mol. The lowest BCUT2D eigenvalue weighted by Crippen LogP contribution is -2.34. The van der Waals surface area contributed by atoms with Gasteiger partial charge in [0, 0.05) is 17.8 Å². The Morgan fingerprint density at radius 1 is 1.60 bits per heavy atom. The van der Waals surface area contributed by atoms with Crippen molar-refractivity contribution < 1.29 is 18.8 Å². The molecule has 1 heterocycles. The lowest BCUT2D eigenvalue weighted by Gasteiger charge is -2.25. The molecule has 0 aliphatic heterocycles. The van der Waals surface area contributed by atoms with Gasteiger partial charge in [0.1, 0.15) is 5.92 Å². The van der Waals surface area contributed by atoms with Gasteiger partial charge in [0.15, 0.2) is 5.78 Å². The minimum absolute atomic E-state index is 0.115. The molecule has 0 saturated carbocycles. The first kappa shape index (κ1) is 14.3. The van der Waals surface area contributed by atoms with Gasteiger partial charge in [-0.1, -0.05) is 19.0 Å².